The highest BCUT2D eigenvalue weighted by Crippen LogP contribution is 2.10. The van der Waals surface area contributed by atoms with Gasteiger partial charge in [0.1, 0.15) is 0 Å². The molecule has 84 valence electrons. The molecule has 0 fully saturated rings. The van der Waals surface area contributed by atoms with Gasteiger partial charge in [0.2, 0.25) is 5.91 Å². The van der Waals surface area contributed by atoms with Crippen molar-refractivity contribution < 1.29 is 4.79 Å². The van der Waals surface area contributed by atoms with E-state index < -0.39 is 0 Å². The number of nitriles is 1. The standard InChI is InChI=1S/C12H15N3O/c1-14-7-3-6-12(16)15-11-5-2-4-10(8-11)9-13/h2,4-5,8,14H,3,6-7H2,1H3,(H,15,16). The fraction of sp³-hybridized carbons (Fsp3) is 0.333. The summed E-state index contributed by atoms with van der Waals surface area (Å²) < 4.78 is 0. The van der Waals surface area contributed by atoms with Gasteiger partial charge in [0, 0.05) is 12.1 Å². The topological polar surface area (TPSA) is 64.9 Å². The van der Waals surface area contributed by atoms with Crippen molar-refractivity contribution in [3.8, 4) is 6.07 Å². The van der Waals surface area contributed by atoms with Gasteiger partial charge in [0.05, 0.1) is 11.6 Å². The molecule has 1 aromatic rings. The van der Waals surface area contributed by atoms with Gasteiger partial charge < -0.3 is 10.6 Å². The van der Waals surface area contributed by atoms with E-state index in [0.717, 1.165) is 13.0 Å². The molecule has 0 radical (unpaired) electrons. The van der Waals surface area contributed by atoms with Crippen molar-refractivity contribution in [2.75, 3.05) is 18.9 Å². The maximum atomic E-state index is 11.5. The summed E-state index contributed by atoms with van der Waals surface area (Å²) in [5.74, 6) is -0.0228. The lowest BCUT2D eigenvalue weighted by molar-refractivity contribution is -0.116. The van der Waals surface area contributed by atoms with Crippen LogP contribution >= 0.6 is 0 Å². The molecule has 0 aliphatic rings. The Morgan fingerprint density at radius 1 is 1.50 bits per heavy atom. The van der Waals surface area contributed by atoms with Gasteiger partial charge in [0.25, 0.3) is 0 Å². The summed E-state index contributed by atoms with van der Waals surface area (Å²) in [4.78, 5) is 11.5. The number of amides is 1. The number of carbonyl (C=O) groups excluding carboxylic acids is 1. The van der Waals surface area contributed by atoms with E-state index in [0.29, 0.717) is 17.7 Å². The molecule has 1 rings (SSSR count). The van der Waals surface area contributed by atoms with Crippen molar-refractivity contribution in [2.45, 2.75) is 12.8 Å². The summed E-state index contributed by atoms with van der Waals surface area (Å²) in [5.41, 5.74) is 1.22. The second kappa shape index (κ2) is 6.59. The smallest absolute Gasteiger partial charge is 0.224 e. The summed E-state index contributed by atoms with van der Waals surface area (Å²) in [6.45, 7) is 0.825. The Bertz CT molecular complexity index is 395. The predicted octanol–water partition coefficient (Wildman–Crippen LogP) is 1.50. The molecule has 0 aliphatic heterocycles. The molecule has 2 N–H and O–H groups in total. The molecule has 4 heteroatoms. The summed E-state index contributed by atoms with van der Waals surface area (Å²) >= 11 is 0. The minimum atomic E-state index is -0.0228. The SMILES string of the molecule is CNCCCC(=O)Nc1cccc(C#N)c1. The summed E-state index contributed by atoms with van der Waals surface area (Å²) in [6, 6.07) is 8.93. The number of carbonyl (C=O) groups is 1. The number of anilines is 1. The van der Waals surface area contributed by atoms with E-state index in [9.17, 15) is 4.79 Å². The quantitative estimate of drug-likeness (QED) is 0.734. The van der Waals surface area contributed by atoms with Crippen LogP contribution in [0.1, 0.15) is 18.4 Å². The molecule has 0 saturated heterocycles. The Kier molecular flexibility index (Phi) is 5.03. The lowest BCUT2D eigenvalue weighted by atomic mass is 10.2. The highest BCUT2D eigenvalue weighted by molar-refractivity contribution is 5.90. The van der Waals surface area contributed by atoms with Gasteiger partial charge >= 0.3 is 0 Å². The van der Waals surface area contributed by atoms with Gasteiger partial charge in [-0.15, -0.1) is 0 Å². The molecule has 4 nitrogen and oxygen atoms in total. The summed E-state index contributed by atoms with van der Waals surface area (Å²) in [7, 11) is 1.86. The molecular formula is C12H15N3O. The van der Waals surface area contributed by atoms with Crippen molar-refractivity contribution in [2.24, 2.45) is 0 Å². The highest BCUT2D eigenvalue weighted by atomic mass is 16.1. The van der Waals surface area contributed by atoms with E-state index in [1.54, 1.807) is 24.3 Å². The fourth-order valence-electron chi connectivity index (χ4n) is 1.32. The van der Waals surface area contributed by atoms with Crippen LogP contribution in [0.5, 0.6) is 0 Å². The van der Waals surface area contributed by atoms with Crippen molar-refractivity contribution in [1.82, 2.24) is 5.32 Å². The van der Waals surface area contributed by atoms with Crippen molar-refractivity contribution in [3.63, 3.8) is 0 Å². The molecule has 0 aromatic heterocycles. The van der Waals surface area contributed by atoms with E-state index >= 15 is 0 Å². The molecule has 0 atom stereocenters. The predicted molar refractivity (Wildman–Crippen MR) is 62.9 cm³/mol. The minimum absolute atomic E-state index is 0.0228. The number of benzene rings is 1. The van der Waals surface area contributed by atoms with Crippen LogP contribution < -0.4 is 10.6 Å². The average molecular weight is 217 g/mol. The van der Waals surface area contributed by atoms with E-state index in [-0.39, 0.29) is 5.91 Å². The van der Waals surface area contributed by atoms with Crippen LogP contribution in [-0.4, -0.2) is 19.5 Å². The zero-order valence-corrected chi connectivity index (χ0v) is 9.29. The van der Waals surface area contributed by atoms with Crippen molar-refractivity contribution >= 4 is 11.6 Å². The van der Waals surface area contributed by atoms with E-state index in [1.807, 2.05) is 13.1 Å². The first-order chi connectivity index (χ1) is 7.76. The molecule has 0 bridgehead atoms. The Balaban J connectivity index is 2.47. The molecule has 0 saturated carbocycles. The number of hydrogen-bond donors (Lipinski definition) is 2. The van der Waals surface area contributed by atoms with E-state index in [1.165, 1.54) is 0 Å². The zero-order valence-electron chi connectivity index (χ0n) is 9.29. The number of nitrogens with one attached hydrogen (secondary N) is 2. The van der Waals surface area contributed by atoms with Crippen molar-refractivity contribution in [3.05, 3.63) is 29.8 Å². The van der Waals surface area contributed by atoms with E-state index in [2.05, 4.69) is 10.6 Å². The van der Waals surface area contributed by atoms with Crippen LogP contribution in [-0.2, 0) is 4.79 Å². The third kappa shape index (κ3) is 4.11. The Morgan fingerprint density at radius 3 is 3.00 bits per heavy atom. The van der Waals surface area contributed by atoms with Crippen LogP contribution in [0.3, 0.4) is 0 Å². The van der Waals surface area contributed by atoms with Gasteiger partial charge in [-0.2, -0.15) is 5.26 Å². The molecule has 1 aromatic carbocycles. The van der Waals surface area contributed by atoms with Gasteiger partial charge in [0.15, 0.2) is 0 Å². The fourth-order valence-corrected chi connectivity index (χ4v) is 1.32. The van der Waals surface area contributed by atoms with Crippen molar-refractivity contribution in [1.29, 1.82) is 5.26 Å². The van der Waals surface area contributed by atoms with Crippen LogP contribution in [0.2, 0.25) is 0 Å². The number of hydrogen-bond acceptors (Lipinski definition) is 3. The van der Waals surface area contributed by atoms with Crippen LogP contribution in [0.15, 0.2) is 24.3 Å². The number of nitrogens with zero attached hydrogens (tertiary/aromatic N) is 1. The van der Waals surface area contributed by atoms with Gasteiger partial charge in [-0.05, 0) is 38.2 Å². The summed E-state index contributed by atoms with van der Waals surface area (Å²) in [6.07, 6.45) is 1.29. The van der Waals surface area contributed by atoms with Crippen LogP contribution in [0.4, 0.5) is 5.69 Å². The third-order valence-electron chi connectivity index (χ3n) is 2.11. The van der Waals surface area contributed by atoms with Gasteiger partial charge in [-0.3, -0.25) is 4.79 Å². The molecule has 0 aliphatic carbocycles. The van der Waals surface area contributed by atoms with E-state index in [4.69, 9.17) is 5.26 Å². The third-order valence-corrected chi connectivity index (χ3v) is 2.11. The first kappa shape index (κ1) is 12.2. The van der Waals surface area contributed by atoms with Gasteiger partial charge in [-0.1, -0.05) is 6.07 Å². The Labute approximate surface area is 95.3 Å². The largest absolute Gasteiger partial charge is 0.326 e. The van der Waals surface area contributed by atoms with Gasteiger partial charge in [-0.25, -0.2) is 0 Å². The molecule has 1 amide bonds. The summed E-state index contributed by atoms with van der Waals surface area (Å²) in [5, 5.41) is 14.4. The maximum absolute atomic E-state index is 11.5. The van der Waals surface area contributed by atoms with Crippen LogP contribution in [0.25, 0.3) is 0 Å². The normalized spacial score (nSPS) is 9.50. The molecule has 0 unspecified atom stereocenters. The molecule has 0 spiro atoms. The number of rotatable bonds is 5. The second-order valence-corrected chi connectivity index (χ2v) is 3.45. The Morgan fingerprint density at radius 2 is 2.31 bits per heavy atom. The Hall–Kier alpha value is -1.86. The molecular weight excluding hydrogens is 202 g/mol. The van der Waals surface area contributed by atoms with Crippen LogP contribution in [0, 0.1) is 11.3 Å². The highest BCUT2D eigenvalue weighted by Gasteiger charge is 2.02. The zero-order chi connectivity index (χ0) is 11.8. The lowest BCUT2D eigenvalue weighted by Crippen LogP contribution is -2.15. The first-order valence-electron chi connectivity index (χ1n) is 5.21. The molecule has 0 heterocycles. The lowest BCUT2D eigenvalue weighted by Gasteiger charge is -2.05. The molecule has 16 heavy (non-hydrogen) atoms. The monoisotopic (exact) mass is 217 g/mol. The maximum Gasteiger partial charge on any atom is 0.224 e. The minimum Gasteiger partial charge on any atom is -0.326 e. The second-order valence-electron chi connectivity index (χ2n) is 3.45. The first-order valence-corrected chi connectivity index (χ1v) is 5.21. The average Bonchev–Trinajstić information content (AvgIpc) is 2.29.